The highest BCUT2D eigenvalue weighted by Gasteiger charge is 2.16. The van der Waals surface area contributed by atoms with Crippen LogP contribution in [0.1, 0.15) is 21.5 Å². The van der Waals surface area contributed by atoms with Crippen molar-refractivity contribution in [2.45, 2.75) is 6.92 Å². The number of hydrogen-bond donors (Lipinski definition) is 0. The van der Waals surface area contributed by atoms with E-state index in [4.69, 9.17) is 14.2 Å². The Balaban J connectivity index is 2.41. The molecule has 0 aliphatic carbocycles. The van der Waals surface area contributed by atoms with Gasteiger partial charge in [0, 0.05) is 12.7 Å². The van der Waals surface area contributed by atoms with E-state index < -0.39 is 0 Å². The molecule has 0 saturated heterocycles. The van der Waals surface area contributed by atoms with Crippen LogP contribution < -0.4 is 9.47 Å². The maximum absolute atomic E-state index is 12.7. The van der Waals surface area contributed by atoms with E-state index in [2.05, 4.69) is 0 Å². The summed E-state index contributed by atoms with van der Waals surface area (Å²) in [4.78, 5) is 12.7. The molecule has 0 aromatic heterocycles. The third-order valence-electron chi connectivity index (χ3n) is 3.04. The van der Waals surface area contributed by atoms with Crippen LogP contribution in [0.4, 0.5) is 0 Å². The zero-order chi connectivity index (χ0) is 15.2. The van der Waals surface area contributed by atoms with Gasteiger partial charge in [0.25, 0.3) is 0 Å². The first-order chi connectivity index (χ1) is 10.2. The van der Waals surface area contributed by atoms with E-state index in [-0.39, 0.29) is 12.6 Å². The molecular weight excluding hydrogens is 268 g/mol. The van der Waals surface area contributed by atoms with E-state index in [1.807, 2.05) is 25.1 Å². The number of methoxy groups -OCH3 is 2. The minimum absolute atomic E-state index is 0.0838. The number of benzene rings is 2. The number of aryl methyl sites for hydroxylation is 1. The molecule has 0 radical (unpaired) electrons. The van der Waals surface area contributed by atoms with Crippen LogP contribution in [0.3, 0.4) is 0 Å². The third kappa shape index (κ3) is 3.61. The molecule has 0 spiro atoms. The second-order valence-electron chi connectivity index (χ2n) is 4.61. The van der Waals surface area contributed by atoms with Crippen LogP contribution >= 0.6 is 0 Å². The fourth-order valence-electron chi connectivity index (χ4n) is 2.00. The molecule has 0 unspecified atom stereocenters. The Labute approximate surface area is 124 Å². The Hall–Kier alpha value is -2.33. The van der Waals surface area contributed by atoms with Crippen molar-refractivity contribution in [2.24, 2.45) is 0 Å². The van der Waals surface area contributed by atoms with Gasteiger partial charge in [-0.25, -0.2) is 0 Å². The molecule has 110 valence electrons. The summed E-state index contributed by atoms with van der Waals surface area (Å²) >= 11 is 0. The van der Waals surface area contributed by atoms with Crippen molar-refractivity contribution >= 4 is 5.78 Å². The smallest absolute Gasteiger partial charge is 0.196 e. The van der Waals surface area contributed by atoms with E-state index in [0.717, 1.165) is 5.56 Å². The number of carbonyl (C=O) groups excluding carboxylic acids is 1. The zero-order valence-corrected chi connectivity index (χ0v) is 12.4. The second kappa shape index (κ2) is 6.90. The van der Waals surface area contributed by atoms with Gasteiger partial charge >= 0.3 is 0 Å². The van der Waals surface area contributed by atoms with Crippen LogP contribution in [0.5, 0.6) is 11.5 Å². The molecule has 0 heterocycles. The lowest BCUT2D eigenvalue weighted by Crippen LogP contribution is -2.08. The molecule has 0 saturated carbocycles. The predicted molar refractivity (Wildman–Crippen MR) is 80.1 cm³/mol. The molecule has 4 heteroatoms. The van der Waals surface area contributed by atoms with Crippen molar-refractivity contribution in [2.75, 3.05) is 21.0 Å². The lowest BCUT2D eigenvalue weighted by molar-refractivity contribution is 0.0503. The van der Waals surface area contributed by atoms with Crippen LogP contribution in [0.15, 0.2) is 42.5 Å². The number of hydrogen-bond acceptors (Lipinski definition) is 4. The fraction of sp³-hybridized carbons (Fsp3) is 0.235. The Morgan fingerprint density at radius 3 is 2.57 bits per heavy atom. The van der Waals surface area contributed by atoms with Crippen molar-refractivity contribution in [3.63, 3.8) is 0 Å². The largest absolute Gasteiger partial charge is 0.497 e. The Morgan fingerprint density at radius 2 is 1.90 bits per heavy atom. The molecule has 2 rings (SSSR count). The molecule has 4 nitrogen and oxygen atoms in total. The summed E-state index contributed by atoms with van der Waals surface area (Å²) in [5.74, 6) is 0.976. The number of rotatable bonds is 6. The van der Waals surface area contributed by atoms with E-state index in [1.54, 1.807) is 31.4 Å². The van der Waals surface area contributed by atoms with Gasteiger partial charge in [0.2, 0.25) is 0 Å². The minimum Gasteiger partial charge on any atom is -0.497 e. The van der Waals surface area contributed by atoms with Gasteiger partial charge in [-0.3, -0.25) is 4.79 Å². The van der Waals surface area contributed by atoms with Crippen molar-refractivity contribution in [3.05, 3.63) is 59.2 Å². The van der Waals surface area contributed by atoms with Gasteiger partial charge < -0.3 is 14.2 Å². The van der Waals surface area contributed by atoms with Crippen molar-refractivity contribution in [3.8, 4) is 11.5 Å². The normalized spacial score (nSPS) is 10.2. The molecule has 21 heavy (non-hydrogen) atoms. The first-order valence-electron chi connectivity index (χ1n) is 6.57. The highest BCUT2D eigenvalue weighted by atomic mass is 16.7. The monoisotopic (exact) mass is 286 g/mol. The molecule has 0 bridgehead atoms. The summed E-state index contributed by atoms with van der Waals surface area (Å²) < 4.78 is 15.5. The van der Waals surface area contributed by atoms with Gasteiger partial charge in [-0.05, 0) is 31.2 Å². The quantitative estimate of drug-likeness (QED) is 0.604. The summed E-state index contributed by atoms with van der Waals surface area (Å²) in [6, 6.07) is 12.6. The summed E-state index contributed by atoms with van der Waals surface area (Å²) in [7, 11) is 3.09. The van der Waals surface area contributed by atoms with E-state index in [1.165, 1.54) is 7.11 Å². The van der Waals surface area contributed by atoms with Gasteiger partial charge in [-0.15, -0.1) is 0 Å². The maximum atomic E-state index is 12.7. The average Bonchev–Trinajstić information content (AvgIpc) is 2.52. The van der Waals surface area contributed by atoms with Gasteiger partial charge in [0.15, 0.2) is 12.6 Å². The summed E-state index contributed by atoms with van der Waals surface area (Å²) in [5, 5.41) is 0. The second-order valence-corrected chi connectivity index (χ2v) is 4.61. The van der Waals surface area contributed by atoms with Crippen LogP contribution in [0.25, 0.3) is 0 Å². The first-order valence-corrected chi connectivity index (χ1v) is 6.57. The van der Waals surface area contributed by atoms with Crippen LogP contribution in [-0.2, 0) is 4.74 Å². The Kier molecular flexibility index (Phi) is 4.95. The lowest BCUT2D eigenvalue weighted by Gasteiger charge is -2.12. The lowest BCUT2D eigenvalue weighted by atomic mass is 10.0. The van der Waals surface area contributed by atoms with Crippen LogP contribution in [-0.4, -0.2) is 26.8 Å². The summed E-state index contributed by atoms with van der Waals surface area (Å²) in [6.45, 7) is 2.03. The molecular formula is C17H18O4. The van der Waals surface area contributed by atoms with E-state index in [0.29, 0.717) is 22.6 Å². The highest BCUT2D eigenvalue weighted by Crippen LogP contribution is 2.27. The van der Waals surface area contributed by atoms with Gasteiger partial charge in [0.05, 0.1) is 12.7 Å². The average molecular weight is 286 g/mol. The summed E-state index contributed by atoms with van der Waals surface area (Å²) in [5.41, 5.74) is 2.10. The Morgan fingerprint density at radius 1 is 1.10 bits per heavy atom. The van der Waals surface area contributed by atoms with Crippen LogP contribution in [0.2, 0.25) is 0 Å². The number of ketones is 1. The van der Waals surface area contributed by atoms with Gasteiger partial charge in [-0.2, -0.15) is 0 Å². The summed E-state index contributed by atoms with van der Waals surface area (Å²) in [6.07, 6.45) is 0. The minimum atomic E-state index is -0.108. The molecule has 2 aromatic carbocycles. The molecule has 0 atom stereocenters. The molecule has 0 amide bonds. The number of ether oxygens (including phenoxy) is 3. The third-order valence-corrected chi connectivity index (χ3v) is 3.04. The molecule has 0 fully saturated rings. The van der Waals surface area contributed by atoms with E-state index >= 15 is 0 Å². The zero-order valence-electron chi connectivity index (χ0n) is 12.4. The molecule has 2 aromatic rings. The Bertz CT molecular complexity index is 634. The molecule has 0 N–H and O–H groups in total. The maximum Gasteiger partial charge on any atom is 0.196 e. The molecule has 0 aliphatic heterocycles. The first kappa shape index (κ1) is 15.1. The standard InChI is InChI=1S/C17H18O4/c1-12-5-4-6-13(9-12)17(18)15-10-14(20-3)7-8-16(15)21-11-19-2/h4-10H,11H2,1-3H3. The number of carbonyl (C=O) groups is 1. The topological polar surface area (TPSA) is 44.8 Å². The van der Waals surface area contributed by atoms with Gasteiger partial charge in [0.1, 0.15) is 11.5 Å². The predicted octanol–water partition coefficient (Wildman–Crippen LogP) is 3.22. The molecule has 0 aliphatic rings. The van der Waals surface area contributed by atoms with Crippen molar-refractivity contribution < 1.29 is 19.0 Å². The van der Waals surface area contributed by atoms with Gasteiger partial charge in [-0.1, -0.05) is 23.8 Å². The fourth-order valence-corrected chi connectivity index (χ4v) is 2.00. The highest BCUT2D eigenvalue weighted by molar-refractivity contribution is 6.11. The SMILES string of the molecule is COCOc1ccc(OC)cc1C(=O)c1cccc(C)c1. The van der Waals surface area contributed by atoms with E-state index in [9.17, 15) is 4.79 Å². The van der Waals surface area contributed by atoms with Crippen molar-refractivity contribution in [1.82, 2.24) is 0 Å². The van der Waals surface area contributed by atoms with Crippen LogP contribution in [0, 0.1) is 6.92 Å². The van der Waals surface area contributed by atoms with Crippen molar-refractivity contribution in [1.29, 1.82) is 0 Å².